The Balaban J connectivity index is 1.59. The summed E-state index contributed by atoms with van der Waals surface area (Å²) >= 11 is 0. The molecule has 1 heterocycles. The Morgan fingerprint density at radius 1 is 1.00 bits per heavy atom. The molecule has 0 bridgehead atoms. The van der Waals surface area contributed by atoms with Gasteiger partial charge in [0.05, 0.1) is 21.3 Å². The van der Waals surface area contributed by atoms with Crippen LogP contribution in [-0.2, 0) is 17.8 Å². The van der Waals surface area contributed by atoms with Crippen molar-refractivity contribution in [3.05, 3.63) is 76.1 Å². The number of Topliss-reactive ketones (excluding diaryl/α,β-unsaturated/α-hetero) is 1. The number of aromatic nitrogens is 1. The van der Waals surface area contributed by atoms with E-state index in [4.69, 9.17) is 18.9 Å². The Labute approximate surface area is 192 Å². The zero-order valence-electron chi connectivity index (χ0n) is 19.2. The van der Waals surface area contributed by atoms with E-state index in [1.165, 1.54) is 0 Å². The maximum Gasteiger partial charge on any atom is 0.355 e. The van der Waals surface area contributed by atoms with Gasteiger partial charge < -0.3 is 23.9 Å². The van der Waals surface area contributed by atoms with Gasteiger partial charge in [-0.3, -0.25) is 4.79 Å². The van der Waals surface area contributed by atoms with Gasteiger partial charge in [0.1, 0.15) is 12.3 Å². The molecule has 0 amide bonds. The van der Waals surface area contributed by atoms with E-state index in [1.807, 2.05) is 42.5 Å². The molecular formula is C26H27NO6. The standard InChI is InChI=1S/C26H27NO6/c1-15-23-19(27-24(15)26(29)33-14-16-8-6-5-7-9-16)10-17(11-20(23)28)18-12-21(30-2)25(32-4)22(13-18)31-3/h5-9,12-13,17,27H,10-11,14H2,1-4H3/t17-/m0/s1. The second kappa shape index (κ2) is 9.40. The number of ether oxygens (including phenoxy) is 4. The fraction of sp³-hybridized carbons (Fsp3) is 0.308. The third-order valence-corrected chi connectivity index (χ3v) is 6.06. The van der Waals surface area contributed by atoms with E-state index in [9.17, 15) is 9.59 Å². The minimum absolute atomic E-state index is 0.00846. The Morgan fingerprint density at radius 3 is 2.27 bits per heavy atom. The number of hydrogen-bond donors (Lipinski definition) is 1. The van der Waals surface area contributed by atoms with Crippen LogP contribution in [0.25, 0.3) is 0 Å². The highest BCUT2D eigenvalue weighted by atomic mass is 16.5. The number of hydrogen-bond acceptors (Lipinski definition) is 6. The summed E-state index contributed by atoms with van der Waals surface area (Å²) in [4.78, 5) is 29.0. The number of methoxy groups -OCH3 is 3. The predicted molar refractivity (Wildman–Crippen MR) is 123 cm³/mol. The summed E-state index contributed by atoms with van der Waals surface area (Å²) in [6.45, 7) is 1.96. The number of esters is 1. The lowest BCUT2D eigenvalue weighted by Crippen LogP contribution is -2.19. The van der Waals surface area contributed by atoms with Crippen molar-refractivity contribution in [3.63, 3.8) is 0 Å². The molecule has 7 nitrogen and oxygen atoms in total. The lowest BCUT2D eigenvalue weighted by Gasteiger charge is -2.24. The largest absolute Gasteiger partial charge is 0.493 e. The zero-order chi connectivity index (χ0) is 23.5. The highest BCUT2D eigenvalue weighted by Crippen LogP contribution is 2.43. The molecule has 33 heavy (non-hydrogen) atoms. The molecule has 1 atom stereocenters. The molecule has 1 aromatic heterocycles. The van der Waals surface area contributed by atoms with E-state index in [0.29, 0.717) is 46.9 Å². The topological polar surface area (TPSA) is 86.9 Å². The van der Waals surface area contributed by atoms with E-state index in [2.05, 4.69) is 4.98 Å². The number of benzene rings is 2. The third-order valence-electron chi connectivity index (χ3n) is 6.06. The SMILES string of the molecule is COc1cc([C@@H]2CC(=O)c3c([nH]c(C(=O)OCc4ccccc4)c3C)C2)cc(OC)c1OC. The van der Waals surface area contributed by atoms with Crippen LogP contribution >= 0.6 is 0 Å². The molecule has 0 saturated carbocycles. The minimum atomic E-state index is -0.470. The molecule has 1 N–H and O–H groups in total. The fourth-order valence-electron chi connectivity index (χ4n) is 4.41. The first-order valence-electron chi connectivity index (χ1n) is 10.7. The summed E-state index contributed by atoms with van der Waals surface area (Å²) in [5.74, 6) is 1.01. The molecule has 4 rings (SSSR count). The van der Waals surface area contributed by atoms with Crippen molar-refractivity contribution in [2.24, 2.45) is 0 Å². The van der Waals surface area contributed by atoms with Gasteiger partial charge in [0.2, 0.25) is 5.75 Å². The molecule has 0 fully saturated rings. The number of rotatable bonds is 7. The Hall–Kier alpha value is -3.74. The number of H-pyrrole nitrogens is 1. The molecule has 1 aliphatic rings. The van der Waals surface area contributed by atoms with Crippen LogP contribution in [0.5, 0.6) is 17.2 Å². The molecule has 172 valence electrons. The molecule has 0 spiro atoms. The summed E-state index contributed by atoms with van der Waals surface area (Å²) in [5.41, 5.74) is 4.10. The quantitative estimate of drug-likeness (QED) is 0.530. The minimum Gasteiger partial charge on any atom is -0.493 e. The maximum atomic E-state index is 13.1. The Bertz CT molecular complexity index is 1160. The number of aromatic amines is 1. The molecule has 0 saturated heterocycles. The highest BCUT2D eigenvalue weighted by Gasteiger charge is 2.33. The average molecular weight is 450 g/mol. The van der Waals surface area contributed by atoms with Crippen molar-refractivity contribution >= 4 is 11.8 Å². The smallest absolute Gasteiger partial charge is 0.355 e. The fourth-order valence-corrected chi connectivity index (χ4v) is 4.41. The molecule has 0 radical (unpaired) electrons. The molecule has 0 aliphatic heterocycles. The van der Waals surface area contributed by atoms with Gasteiger partial charge in [-0.25, -0.2) is 4.79 Å². The van der Waals surface area contributed by atoms with Crippen molar-refractivity contribution in [2.75, 3.05) is 21.3 Å². The van der Waals surface area contributed by atoms with Gasteiger partial charge in [-0.05, 0) is 48.1 Å². The monoisotopic (exact) mass is 449 g/mol. The zero-order valence-corrected chi connectivity index (χ0v) is 19.2. The molecule has 1 aliphatic carbocycles. The highest BCUT2D eigenvalue weighted by molar-refractivity contribution is 6.03. The van der Waals surface area contributed by atoms with Gasteiger partial charge in [0, 0.05) is 17.7 Å². The van der Waals surface area contributed by atoms with E-state index in [0.717, 1.165) is 16.8 Å². The van der Waals surface area contributed by atoms with Gasteiger partial charge >= 0.3 is 5.97 Å². The summed E-state index contributed by atoms with van der Waals surface area (Å²) in [6, 6.07) is 13.2. The second-order valence-electron chi connectivity index (χ2n) is 8.03. The van der Waals surface area contributed by atoms with Crippen molar-refractivity contribution in [2.45, 2.75) is 32.3 Å². The number of carbonyl (C=O) groups is 2. The van der Waals surface area contributed by atoms with E-state index >= 15 is 0 Å². The van der Waals surface area contributed by atoms with Crippen LogP contribution in [0.15, 0.2) is 42.5 Å². The second-order valence-corrected chi connectivity index (χ2v) is 8.03. The summed E-state index contributed by atoms with van der Waals surface area (Å²) in [5, 5.41) is 0. The first-order valence-corrected chi connectivity index (χ1v) is 10.7. The van der Waals surface area contributed by atoms with E-state index in [1.54, 1.807) is 28.3 Å². The van der Waals surface area contributed by atoms with Gasteiger partial charge in [0.25, 0.3) is 0 Å². The number of fused-ring (bicyclic) bond motifs is 1. The van der Waals surface area contributed by atoms with Crippen LogP contribution in [0.2, 0.25) is 0 Å². The molecule has 7 heteroatoms. The van der Waals surface area contributed by atoms with Crippen LogP contribution in [0.3, 0.4) is 0 Å². The third kappa shape index (κ3) is 4.31. The average Bonchev–Trinajstić information content (AvgIpc) is 3.18. The number of carbonyl (C=O) groups excluding carboxylic acids is 2. The van der Waals surface area contributed by atoms with Crippen molar-refractivity contribution in [1.82, 2.24) is 4.98 Å². The van der Waals surface area contributed by atoms with Gasteiger partial charge in [-0.15, -0.1) is 0 Å². The Kier molecular flexibility index (Phi) is 6.40. The molecule has 3 aromatic rings. The van der Waals surface area contributed by atoms with Gasteiger partial charge in [-0.1, -0.05) is 30.3 Å². The summed E-state index contributed by atoms with van der Waals surface area (Å²) < 4.78 is 21.8. The molecular weight excluding hydrogens is 422 g/mol. The van der Waals surface area contributed by atoms with Crippen LogP contribution in [0.4, 0.5) is 0 Å². The first kappa shape index (κ1) is 22.5. The lowest BCUT2D eigenvalue weighted by atomic mass is 9.81. The first-order chi connectivity index (χ1) is 16.0. The van der Waals surface area contributed by atoms with Gasteiger partial charge in [0.15, 0.2) is 17.3 Å². The van der Waals surface area contributed by atoms with Crippen LogP contribution in [-0.4, -0.2) is 38.1 Å². The molecule has 0 unspecified atom stereocenters. The number of nitrogens with one attached hydrogen (secondary N) is 1. The van der Waals surface area contributed by atoms with Crippen molar-refractivity contribution in [1.29, 1.82) is 0 Å². The number of ketones is 1. The van der Waals surface area contributed by atoms with Crippen LogP contribution < -0.4 is 14.2 Å². The predicted octanol–water partition coefficient (Wildman–Crippen LogP) is 4.62. The van der Waals surface area contributed by atoms with Crippen LogP contribution in [0, 0.1) is 6.92 Å². The maximum absolute atomic E-state index is 13.1. The van der Waals surface area contributed by atoms with Crippen molar-refractivity contribution < 1.29 is 28.5 Å². The summed E-state index contributed by atoms with van der Waals surface area (Å²) in [6.07, 6.45) is 0.898. The van der Waals surface area contributed by atoms with E-state index in [-0.39, 0.29) is 18.3 Å². The van der Waals surface area contributed by atoms with Crippen molar-refractivity contribution in [3.8, 4) is 17.2 Å². The van der Waals surface area contributed by atoms with Gasteiger partial charge in [-0.2, -0.15) is 0 Å². The van der Waals surface area contributed by atoms with Crippen LogP contribution in [0.1, 0.15) is 55.6 Å². The Morgan fingerprint density at radius 2 is 1.67 bits per heavy atom. The summed E-state index contributed by atoms with van der Waals surface area (Å²) in [7, 11) is 4.68. The van der Waals surface area contributed by atoms with E-state index < -0.39 is 5.97 Å². The lowest BCUT2D eigenvalue weighted by molar-refractivity contribution is 0.0465. The normalized spacial score (nSPS) is 15.0. The molecule has 2 aromatic carbocycles.